The SMILES string of the molecule is C=C1c2ccccc2C(=O)N1CCC(=O)Nc1cc2c(cc1Br)OCCO2. The largest absolute Gasteiger partial charge is 0.486 e. The molecule has 0 bridgehead atoms. The van der Waals surface area contributed by atoms with Gasteiger partial charge in [-0.3, -0.25) is 9.59 Å². The number of fused-ring (bicyclic) bond motifs is 2. The Morgan fingerprint density at radius 3 is 2.52 bits per heavy atom. The molecular formula is C20H17BrN2O4. The van der Waals surface area contributed by atoms with Gasteiger partial charge in [0.1, 0.15) is 13.2 Å². The lowest BCUT2D eigenvalue weighted by molar-refractivity contribution is -0.116. The minimum absolute atomic E-state index is 0.121. The van der Waals surface area contributed by atoms with Crippen LogP contribution < -0.4 is 14.8 Å². The molecule has 27 heavy (non-hydrogen) atoms. The van der Waals surface area contributed by atoms with Crippen LogP contribution in [0.25, 0.3) is 5.70 Å². The van der Waals surface area contributed by atoms with Crippen molar-refractivity contribution in [3.05, 3.63) is 58.6 Å². The summed E-state index contributed by atoms with van der Waals surface area (Å²) >= 11 is 3.43. The maximum Gasteiger partial charge on any atom is 0.258 e. The van der Waals surface area contributed by atoms with Crippen molar-refractivity contribution < 1.29 is 19.1 Å². The van der Waals surface area contributed by atoms with Gasteiger partial charge in [0.2, 0.25) is 5.91 Å². The Morgan fingerprint density at radius 2 is 1.81 bits per heavy atom. The summed E-state index contributed by atoms with van der Waals surface area (Å²) in [5, 5.41) is 2.85. The van der Waals surface area contributed by atoms with Crippen LogP contribution in [0.5, 0.6) is 11.5 Å². The van der Waals surface area contributed by atoms with Gasteiger partial charge in [0.05, 0.1) is 5.69 Å². The van der Waals surface area contributed by atoms with Crippen molar-refractivity contribution >= 4 is 39.1 Å². The molecule has 2 aliphatic heterocycles. The van der Waals surface area contributed by atoms with Crippen LogP contribution in [0.15, 0.2) is 47.4 Å². The third-order valence-electron chi connectivity index (χ3n) is 4.51. The second-order valence-electron chi connectivity index (χ2n) is 6.22. The molecule has 2 aliphatic rings. The van der Waals surface area contributed by atoms with E-state index in [0.717, 1.165) is 5.56 Å². The van der Waals surface area contributed by atoms with Gasteiger partial charge in [-0.05, 0) is 22.0 Å². The molecule has 0 spiro atoms. The first-order chi connectivity index (χ1) is 13.0. The summed E-state index contributed by atoms with van der Waals surface area (Å²) in [6.45, 7) is 5.23. The molecule has 6 nitrogen and oxygen atoms in total. The van der Waals surface area contributed by atoms with Crippen molar-refractivity contribution in [2.75, 3.05) is 25.1 Å². The third kappa shape index (κ3) is 3.30. The number of nitrogens with one attached hydrogen (secondary N) is 1. The fourth-order valence-electron chi connectivity index (χ4n) is 3.16. The third-order valence-corrected chi connectivity index (χ3v) is 5.16. The number of benzene rings is 2. The van der Waals surface area contributed by atoms with E-state index in [2.05, 4.69) is 27.8 Å². The molecule has 7 heteroatoms. The number of ether oxygens (including phenoxy) is 2. The summed E-state index contributed by atoms with van der Waals surface area (Å²) in [5.74, 6) is 0.911. The van der Waals surface area contributed by atoms with Crippen molar-refractivity contribution in [1.29, 1.82) is 0 Å². The second kappa shape index (κ2) is 7.08. The van der Waals surface area contributed by atoms with Crippen molar-refractivity contribution in [3.8, 4) is 11.5 Å². The van der Waals surface area contributed by atoms with Gasteiger partial charge in [-0.1, -0.05) is 24.8 Å². The fourth-order valence-corrected chi connectivity index (χ4v) is 3.58. The highest BCUT2D eigenvalue weighted by atomic mass is 79.9. The maximum absolute atomic E-state index is 12.5. The molecular weight excluding hydrogens is 412 g/mol. The van der Waals surface area contributed by atoms with Crippen LogP contribution in [-0.2, 0) is 4.79 Å². The zero-order valence-electron chi connectivity index (χ0n) is 14.5. The van der Waals surface area contributed by atoms with E-state index >= 15 is 0 Å². The first kappa shape index (κ1) is 17.6. The number of carbonyl (C=O) groups excluding carboxylic acids is 2. The predicted octanol–water partition coefficient (Wildman–Crippen LogP) is 3.68. The molecule has 0 saturated carbocycles. The molecule has 0 saturated heterocycles. The van der Waals surface area contributed by atoms with E-state index in [1.165, 1.54) is 0 Å². The Morgan fingerprint density at radius 1 is 1.15 bits per heavy atom. The van der Waals surface area contributed by atoms with Gasteiger partial charge in [0.15, 0.2) is 11.5 Å². The van der Waals surface area contributed by atoms with E-state index in [1.807, 2.05) is 18.2 Å². The molecule has 2 amide bonds. The number of nitrogens with zero attached hydrogens (tertiary/aromatic N) is 1. The fraction of sp³-hybridized carbons (Fsp3) is 0.200. The molecule has 0 atom stereocenters. The van der Waals surface area contributed by atoms with Crippen LogP contribution in [0, 0.1) is 0 Å². The average Bonchev–Trinajstić information content (AvgIpc) is 2.91. The molecule has 1 N–H and O–H groups in total. The van der Waals surface area contributed by atoms with Crippen molar-refractivity contribution in [2.24, 2.45) is 0 Å². The maximum atomic E-state index is 12.5. The van der Waals surface area contributed by atoms with E-state index in [4.69, 9.17) is 9.47 Å². The number of amides is 2. The molecule has 2 heterocycles. The number of hydrogen-bond donors (Lipinski definition) is 1. The first-order valence-electron chi connectivity index (χ1n) is 8.54. The zero-order valence-corrected chi connectivity index (χ0v) is 16.0. The van der Waals surface area contributed by atoms with Crippen LogP contribution in [0.4, 0.5) is 5.69 Å². The Balaban J connectivity index is 1.41. The Kier molecular flexibility index (Phi) is 4.61. The van der Waals surface area contributed by atoms with Gasteiger partial charge < -0.3 is 19.7 Å². The minimum Gasteiger partial charge on any atom is -0.486 e. The zero-order chi connectivity index (χ0) is 19.0. The van der Waals surface area contributed by atoms with Crippen LogP contribution in [0.2, 0.25) is 0 Å². The van der Waals surface area contributed by atoms with Gasteiger partial charge in [0.25, 0.3) is 5.91 Å². The lowest BCUT2D eigenvalue weighted by atomic mass is 10.1. The van der Waals surface area contributed by atoms with Crippen LogP contribution in [0.1, 0.15) is 22.3 Å². The monoisotopic (exact) mass is 428 g/mol. The van der Waals surface area contributed by atoms with E-state index in [-0.39, 0.29) is 24.8 Å². The topological polar surface area (TPSA) is 67.9 Å². The van der Waals surface area contributed by atoms with E-state index in [0.29, 0.717) is 46.1 Å². The lowest BCUT2D eigenvalue weighted by Gasteiger charge is -2.20. The quantitative estimate of drug-likeness (QED) is 0.806. The summed E-state index contributed by atoms with van der Waals surface area (Å²) in [4.78, 5) is 26.4. The van der Waals surface area contributed by atoms with Crippen LogP contribution in [0.3, 0.4) is 0 Å². The van der Waals surface area contributed by atoms with E-state index in [1.54, 1.807) is 23.1 Å². The van der Waals surface area contributed by atoms with Crippen LogP contribution in [-0.4, -0.2) is 36.5 Å². The molecule has 2 aromatic carbocycles. The molecule has 0 unspecified atom stereocenters. The molecule has 138 valence electrons. The molecule has 0 aliphatic carbocycles. The van der Waals surface area contributed by atoms with Gasteiger partial charge in [-0.15, -0.1) is 0 Å². The van der Waals surface area contributed by atoms with E-state index in [9.17, 15) is 9.59 Å². The van der Waals surface area contributed by atoms with Gasteiger partial charge in [-0.25, -0.2) is 0 Å². The Bertz CT molecular complexity index is 922. The number of carbonyl (C=O) groups is 2. The summed E-state index contributed by atoms with van der Waals surface area (Å²) in [6, 6.07) is 10.8. The summed E-state index contributed by atoms with van der Waals surface area (Å²) in [5.41, 5.74) is 2.66. The molecule has 0 aromatic heterocycles. The normalized spacial score (nSPS) is 14.9. The van der Waals surface area contributed by atoms with Gasteiger partial charge >= 0.3 is 0 Å². The van der Waals surface area contributed by atoms with E-state index < -0.39 is 0 Å². The van der Waals surface area contributed by atoms with Crippen molar-refractivity contribution in [1.82, 2.24) is 4.90 Å². The number of hydrogen-bond acceptors (Lipinski definition) is 4. The Hall–Kier alpha value is -2.80. The minimum atomic E-state index is -0.205. The van der Waals surface area contributed by atoms with Crippen molar-refractivity contribution in [2.45, 2.75) is 6.42 Å². The first-order valence-corrected chi connectivity index (χ1v) is 9.33. The summed E-state index contributed by atoms with van der Waals surface area (Å²) < 4.78 is 11.8. The molecule has 2 aromatic rings. The Labute approximate surface area is 164 Å². The van der Waals surface area contributed by atoms with Gasteiger partial charge in [0, 0.05) is 46.4 Å². The smallest absolute Gasteiger partial charge is 0.258 e. The van der Waals surface area contributed by atoms with Crippen LogP contribution >= 0.6 is 15.9 Å². The molecule has 0 radical (unpaired) electrons. The van der Waals surface area contributed by atoms with Gasteiger partial charge in [-0.2, -0.15) is 0 Å². The highest BCUT2D eigenvalue weighted by molar-refractivity contribution is 9.10. The number of anilines is 1. The standard InChI is InChI=1S/C20H17BrN2O4/c1-12-13-4-2-3-5-14(13)20(25)23(12)7-6-19(24)22-16-11-18-17(10-15(16)21)26-8-9-27-18/h2-5,10-11H,1,6-9H2,(H,22,24). The van der Waals surface area contributed by atoms with Crippen molar-refractivity contribution in [3.63, 3.8) is 0 Å². The summed E-state index contributed by atoms with van der Waals surface area (Å²) in [7, 11) is 0. The molecule has 0 fully saturated rings. The summed E-state index contributed by atoms with van der Waals surface area (Å²) in [6.07, 6.45) is 0.152. The number of halogens is 1. The average molecular weight is 429 g/mol. The predicted molar refractivity (Wildman–Crippen MR) is 105 cm³/mol. The number of rotatable bonds is 4. The lowest BCUT2D eigenvalue weighted by Crippen LogP contribution is -2.27. The highest BCUT2D eigenvalue weighted by Gasteiger charge is 2.30. The highest BCUT2D eigenvalue weighted by Crippen LogP contribution is 2.38. The molecule has 4 rings (SSSR count). The second-order valence-corrected chi connectivity index (χ2v) is 7.08.